The molecule has 0 aliphatic carbocycles. The molecule has 18 heavy (non-hydrogen) atoms. The van der Waals surface area contributed by atoms with Crippen LogP contribution in [0.5, 0.6) is 11.5 Å². The van der Waals surface area contributed by atoms with Crippen LogP contribution in [-0.2, 0) is 12.8 Å². The Morgan fingerprint density at radius 1 is 1.28 bits per heavy atom. The summed E-state index contributed by atoms with van der Waals surface area (Å²) in [5.74, 6) is 1.24. The molecule has 0 amide bonds. The molecule has 0 saturated heterocycles. The standard InChI is InChI=1S/C14H22ClNO2/c1-6-10-9(8-14(2,3)16)7-11(17-4)13(18-5)12(10)15/h7H,6,8,16H2,1-5H3. The monoisotopic (exact) mass is 271 g/mol. The zero-order valence-electron chi connectivity index (χ0n) is 11.8. The topological polar surface area (TPSA) is 44.5 Å². The zero-order valence-corrected chi connectivity index (χ0v) is 12.5. The second-order valence-corrected chi connectivity index (χ2v) is 5.46. The average Bonchev–Trinajstić information content (AvgIpc) is 2.26. The van der Waals surface area contributed by atoms with Crippen molar-refractivity contribution in [3.63, 3.8) is 0 Å². The van der Waals surface area contributed by atoms with E-state index in [1.807, 2.05) is 19.9 Å². The molecular formula is C14H22ClNO2. The van der Waals surface area contributed by atoms with E-state index >= 15 is 0 Å². The van der Waals surface area contributed by atoms with Crippen molar-refractivity contribution < 1.29 is 9.47 Å². The van der Waals surface area contributed by atoms with Gasteiger partial charge in [0.05, 0.1) is 19.2 Å². The summed E-state index contributed by atoms with van der Waals surface area (Å²) >= 11 is 6.38. The van der Waals surface area contributed by atoms with E-state index in [2.05, 4.69) is 6.92 Å². The third-order valence-electron chi connectivity index (χ3n) is 2.80. The number of halogens is 1. The first-order valence-corrected chi connectivity index (χ1v) is 6.43. The number of benzene rings is 1. The Morgan fingerprint density at radius 2 is 1.89 bits per heavy atom. The number of ether oxygens (including phenoxy) is 2. The highest BCUT2D eigenvalue weighted by Crippen LogP contribution is 2.40. The SMILES string of the molecule is CCc1c(CC(C)(C)N)cc(OC)c(OC)c1Cl. The fourth-order valence-corrected chi connectivity index (χ4v) is 2.50. The molecule has 4 heteroatoms. The van der Waals surface area contributed by atoms with E-state index in [0.717, 1.165) is 24.0 Å². The van der Waals surface area contributed by atoms with Crippen LogP contribution in [0.3, 0.4) is 0 Å². The predicted molar refractivity (Wildman–Crippen MR) is 75.9 cm³/mol. The van der Waals surface area contributed by atoms with Crippen LogP contribution in [0, 0.1) is 0 Å². The van der Waals surface area contributed by atoms with Gasteiger partial charge in [-0.2, -0.15) is 0 Å². The molecule has 0 fully saturated rings. The van der Waals surface area contributed by atoms with Crippen LogP contribution in [-0.4, -0.2) is 19.8 Å². The van der Waals surface area contributed by atoms with Gasteiger partial charge >= 0.3 is 0 Å². The molecule has 0 unspecified atom stereocenters. The molecule has 0 bridgehead atoms. The summed E-state index contributed by atoms with van der Waals surface area (Å²) in [7, 11) is 3.20. The van der Waals surface area contributed by atoms with Crippen molar-refractivity contribution in [3.05, 3.63) is 22.2 Å². The van der Waals surface area contributed by atoms with E-state index in [-0.39, 0.29) is 5.54 Å². The van der Waals surface area contributed by atoms with E-state index in [1.54, 1.807) is 14.2 Å². The Hall–Kier alpha value is -0.930. The summed E-state index contributed by atoms with van der Waals surface area (Å²) in [5.41, 5.74) is 8.00. The Kier molecular flexibility index (Phi) is 4.88. The summed E-state index contributed by atoms with van der Waals surface area (Å²) in [6.45, 7) is 6.06. The fourth-order valence-electron chi connectivity index (χ4n) is 2.07. The lowest BCUT2D eigenvalue weighted by Gasteiger charge is -2.23. The summed E-state index contributed by atoms with van der Waals surface area (Å²) in [6.07, 6.45) is 1.58. The third-order valence-corrected chi connectivity index (χ3v) is 3.20. The lowest BCUT2D eigenvalue weighted by molar-refractivity contribution is 0.353. The van der Waals surface area contributed by atoms with Crippen LogP contribution in [0.25, 0.3) is 0 Å². The molecule has 0 spiro atoms. The molecule has 0 atom stereocenters. The summed E-state index contributed by atoms with van der Waals surface area (Å²) in [4.78, 5) is 0. The second-order valence-electron chi connectivity index (χ2n) is 5.08. The van der Waals surface area contributed by atoms with Gasteiger partial charge in [-0.05, 0) is 43.9 Å². The fraction of sp³-hybridized carbons (Fsp3) is 0.571. The van der Waals surface area contributed by atoms with Crippen LogP contribution in [0.15, 0.2) is 6.07 Å². The van der Waals surface area contributed by atoms with Crippen LogP contribution >= 0.6 is 11.6 Å². The highest BCUT2D eigenvalue weighted by Gasteiger charge is 2.21. The van der Waals surface area contributed by atoms with Gasteiger partial charge in [-0.25, -0.2) is 0 Å². The first-order valence-electron chi connectivity index (χ1n) is 6.05. The lowest BCUT2D eigenvalue weighted by Crippen LogP contribution is -2.34. The van der Waals surface area contributed by atoms with Gasteiger partial charge in [-0.15, -0.1) is 0 Å². The number of rotatable bonds is 5. The molecule has 1 aromatic rings. The van der Waals surface area contributed by atoms with Gasteiger partial charge in [0.2, 0.25) is 0 Å². The molecule has 0 heterocycles. The van der Waals surface area contributed by atoms with Crippen LogP contribution < -0.4 is 15.2 Å². The smallest absolute Gasteiger partial charge is 0.179 e. The normalized spacial score (nSPS) is 11.5. The number of hydrogen-bond donors (Lipinski definition) is 1. The summed E-state index contributed by atoms with van der Waals surface area (Å²) < 4.78 is 10.6. The van der Waals surface area contributed by atoms with Crippen molar-refractivity contribution in [1.82, 2.24) is 0 Å². The maximum atomic E-state index is 6.38. The van der Waals surface area contributed by atoms with E-state index in [9.17, 15) is 0 Å². The second kappa shape index (κ2) is 5.81. The van der Waals surface area contributed by atoms with Crippen molar-refractivity contribution in [1.29, 1.82) is 0 Å². The largest absolute Gasteiger partial charge is 0.493 e. The molecule has 1 aromatic carbocycles. The highest BCUT2D eigenvalue weighted by atomic mass is 35.5. The first-order chi connectivity index (χ1) is 8.34. The van der Waals surface area contributed by atoms with Gasteiger partial charge in [-0.1, -0.05) is 18.5 Å². The maximum Gasteiger partial charge on any atom is 0.179 e. The average molecular weight is 272 g/mol. The highest BCUT2D eigenvalue weighted by molar-refractivity contribution is 6.33. The van der Waals surface area contributed by atoms with Crippen LogP contribution in [0.2, 0.25) is 5.02 Å². The van der Waals surface area contributed by atoms with Crippen molar-refractivity contribution >= 4 is 11.6 Å². The Labute approximate surface area is 114 Å². The van der Waals surface area contributed by atoms with Crippen molar-refractivity contribution in [2.75, 3.05) is 14.2 Å². The Morgan fingerprint density at radius 3 is 2.28 bits per heavy atom. The minimum atomic E-state index is -0.285. The molecule has 0 aromatic heterocycles. The van der Waals surface area contributed by atoms with E-state index in [0.29, 0.717) is 16.5 Å². The number of methoxy groups -OCH3 is 2. The molecule has 0 saturated carbocycles. The van der Waals surface area contributed by atoms with E-state index < -0.39 is 0 Å². The summed E-state index contributed by atoms with van der Waals surface area (Å²) in [5, 5.41) is 0.624. The van der Waals surface area contributed by atoms with E-state index in [1.165, 1.54) is 0 Å². The lowest BCUT2D eigenvalue weighted by atomic mass is 9.91. The predicted octanol–water partition coefficient (Wildman–Crippen LogP) is 3.20. The van der Waals surface area contributed by atoms with Gasteiger partial charge < -0.3 is 15.2 Å². The van der Waals surface area contributed by atoms with Crippen molar-refractivity contribution in [2.45, 2.75) is 39.2 Å². The van der Waals surface area contributed by atoms with Crippen LogP contribution in [0.4, 0.5) is 0 Å². The first kappa shape index (κ1) is 15.1. The van der Waals surface area contributed by atoms with E-state index in [4.69, 9.17) is 26.8 Å². The number of hydrogen-bond acceptors (Lipinski definition) is 3. The third kappa shape index (κ3) is 3.30. The molecule has 0 aliphatic rings. The summed E-state index contributed by atoms with van der Waals surface area (Å²) in [6, 6.07) is 1.97. The molecule has 3 nitrogen and oxygen atoms in total. The van der Waals surface area contributed by atoms with Gasteiger partial charge in [0.15, 0.2) is 11.5 Å². The molecule has 2 N–H and O–H groups in total. The molecule has 0 radical (unpaired) electrons. The van der Waals surface area contributed by atoms with Crippen molar-refractivity contribution in [3.8, 4) is 11.5 Å². The quantitative estimate of drug-likeness (QED) is 0.894. The molecular weight excluding hydrogens is 250 g/mol. The minimum Gasteiger partial charge on any atom is -0.493 e. The minimum absolute atomic E-state index is 0.285. The molecule has 102 valence electrons. The Balaban J connectivity index is 3.37. The van der Waals surface area contributed by atoms with Crippen molar-refractivity contribution in [2.24, 2.45) is 5.73 Å². The molecule has 0 aliphatic heterocycles. The van der Waals surface area contributed by atoms with Gasteiger partial charge in [-0.3, -0.25) is 0 Å². The van der Waals surface area contributed by atoms with Crippen LogP contribution in [0.1, 0.15) is 31.9 Å². The van der Waals surface area contributed by atoms with Gasteiger partial charge in [0.25, 0.3) is 0 Å². The maximum absolute atomic E-state index is 6.38. The van der Waals surface area contributed by atoms with Gasteiger partial charge in [0, 0.05) is 5.54 Å². The zero-order chi connectivity index (χ0) is 13.9. The molecule has 1 rings (SSSR count). The number of nitrogens with two attached hydrogens (primary N) is 1. The Bertz CT molecular complexity index is 425. The van der Waals surface area contributed by atoms with Gasteiger partial charge in [0.1, 0.15) is 0 Å².